The van der Waals surface area contributed by atoms with Gasteiger partial charge in [-0.1, -0.05) is 6.92 Å². The molecule has 90 valence electrons. The zero-order valence-electron chi connectivity index (χ0n) is 9.51. The molecule has 0 aliphatic rings. The molecule has 0 spiro atoms. The number of nitrogen functional groups attached to an aromatic ring is 2. The van der Waals surface area contributed by atoms with Crippen LogP contribution in [0.25, 0.3) is 5.69 Å². The van der Waals surface area contributed by atoms with E-state index in [9.17, 15) is 10.2 Å². The predicted molar refractivity (Wildman–Crippen MR) is 67.3 cm³/mol. The van der Waals surface area contributed by atoms with Gasteiger partial charge in [0.1, 0.15) is 0 Å². The van der Waals surface area contributed by atoms with Crippen molar-refractivity contribution in [2.45, 2.75) is 13.3 Å². The highest BCUT2D eigenvalue weighted by atomic mass is 16.3. The number of nitrogens with zero attached hydrogens (tertiary/aromatic N) is 1. The maximum absolute atomic E-state index is 9.97. The van der Waals surface area contributed by atoms with Crippen LogP contribution in [-0.4, -0.2) is 14.8 Å². The quantitative estimate of drug-likeness (QED) is 0.592. The molecule has 2 aromatic rings. The van der Waals surface area contributed by atoms with Gasteiger partial charge in [-0.3, -0.25) is 4.57 Å². The number of aryl methyl sites for hydroxylation is 1. The van der Waals surface area contributed by atoms with E-state index < -0.39 is 0 Å². The van der Waals surface area contributed by atoms with Crippen molar-refractivity contribution >= 4 is 11.4 Å². The summed E-state index contributed by atoms with van der Waals surface area (Å²) in [5, 5.41) is 19.8. The van der Waals surface area contributed by atoms with E-state index in [4.69, 9.17) is 11.5 Å². The number of aromatic hydroxyl groups is 2. The Morgan fingerprint density at radius 3 is 2.12 bits per heavy atom. The largest absolute Gasteiger partial charge is 0.494 e. The minimum atomic E-state index is -0.0376. The Hall–Kier alpha value is -2.30. The zero-order valence-corrected chi connectivity index (χ0v) is 9.51. The van der Waals surface area contributed by atoms with Crippen LogP contribution >= 0.6 is 0 Å². The van der Waals surface area contributed by atoms with Gasteiger partial charge in [0.2, 0.25) is 5.88 Å². The van der Waals surface area contributed by atoms with Crippen LogP contribution in [0.2, 0.25) is 0 Å². The lowest BCUT2D eigenvalue weighted by Gasteiger charge is -2.09. The van der Waals surface area contributed by atoms with Gasteiger partial charge in [0.05, 0.1) is 5.69 Å². The first-order chi connectivity index (χ1) is 8.02. The maximum atomic E-state index is 9.97. The average Bonchev–Trinajstić information content (AvgIpc) is 2.52. The highest BCUT2D eigenvalue weighted by Crippen LogP contribution is 2.33. The third-order valence-corrected chi connectivity index (χ3v) is 2.63. The number of anilines is 2. The van der Waals surface area contributed by atoms with Crippen molar-refractivity contribution < 1.29 is 10.2 Å². The van der Waals surface area contributed by atoms with Crippen molar-refractivity contribution in [3.05, 3.63) is 29.8 Å². The molecule has 0 unspecified atom stereocenters. The summed E-state index contributed by atoms with van der Waals surface area (Å²) in [6.07, 6.45) is 0.629. The van der Waals surface area contributed by atoms with Crippen LogP contribution in [0.3, 0.4) is 0 Å². The average molecular weight is 233 g/mol. The summed E-state index contributed by atoms with van der Waals surface area (Å²) >= 11 is 0. The van der Waals surface area contributed by atoms with Crippen molar-refractivity contribution in [3.8, 4) is 17.4 Å². The van der Waals surface area contributed by atoms with Gasteiger partial charge >= 0.3 is 0 Å². The van der Waals surface area contributed by atoms with E-state index in [0.717, 1.165) is 0 Å². The van der Waals surface area contributed by atoms with Crippen LogP contribution < -0.4 is 11.5 Å². The summed E-state index contributed by atoms with van der Waals surface area (Å²) in [7, 11) is 0. The normalized spacial score (nSPS) is 10.6. The standard InChI is InChI=1S/C12H15N3O2/c1-2-7-3-11(16)15(12(7)17)10-5-8(13)4-9(14)6-10/h3-6,16-17H,2,13-14H2,1H3. The second-order valence-corrected chi connectivity index (χ2v) is 3.90. The molecule has 0 atom stereocenters. The summed E-state index contributed by atoms with van der Waals surface area (Å²) in [5.41, 5.74) is 13.5. The molecule has 5 heteroatoms. The summed E-state index contributed by atoms with van der Waals surface area (Å²) < 4.78 is 1.31. The number of hydrogen-bond donors (Lipinski definition) is 4. The molecule has 1 aromatic carbocycles. The molecule has 0 amide bonds. The number of aromatic nitrogens is 1. The lowest BCUT2D eigenvalue weighted by atomic mass is 10.2. The molecule has 1 heterocycles. The summed E-state index contributed by atoms with van der Waals surface area (Å²) in [6.45, 7) is 1.90. The van der Waals surface area contributed by atoms with Crippen molar-refractivity contribution in [1.29, 1.82) is 0 Å². The van der Waals surface area contributed by atoms with E-state index in [1.54, 1.807) is 18.2 Å². The minimum absolute atomic E-state index is 0.00926. The minimum Gasteiger partial charge on any atom is -0.494 e. The van der Waals surface area contributed by atoms with Crippen molar-refractivity contribution in [2.75, 3.05) is 11.5 Å². The van der Waals surface area contributed by atoms with Gasteiger partial charge in [0.25, 0.3) is 0 Å². The second kappa shape index (κ2) is 3.93. The van der Waals surface area contributed by atoms with Gasteiger partial charge in [-0.25, -0.2) is 0 Å². The van der Waals surface area contributed by atoms with Gasteiger partial charge in [0, 0.05) is 23.0 Å². The molecule has 6 N–H and O–H groups in total. The molecule has 0 fully saturated rings. The van der Waals surface area contributed by atoms with Gasteiger partial charge < -0.3 is 21.7 Å². The third kappa shape index (κ3) is 1.87. The molecular weight excluding hydrogens is 218 g/mol. The topological polar surface area (TPSA) is 97.4 Å². The molecule has 0 saturated heterocycles. The SMILES string of the molecule is CCc1cc(O)n(-c2cc(N)cc(N)c2)c1O. The first-order valence-electron chi connectivity index (χ1n) is 5.32. The Morgan fingerprint density at radius 2 is 1.65 bits per heavy atom. The maximum Gasteiger partial charge on any atom is 0.201 e. The van der Waals surface area contributed by atoms with E-state index >= 15 is 0 Å². The third-order valence-electron chi connectivity index (χ3n) is 2.63. The van der Waals surface area contributed by atoms with Crippen LogP contribution in [-0.2, 0) is 6.42 Å². The fourth-order valence-corrected chi connectivity index (χ4v) is 1.84. The lowest BCUT2D eigenvalue weighted by molar-refractivity contribution is 0.401. The number of benzene rings is 1. The molecule has 1 aromatic heterocycles. The number of rotatable bonds is 2. The Bertz CT molecular complexity index is 541. The smallest absolute Gasteiger partial charge is 0.201 e. The van der Waals surface area contributed by atoms with Crippen LogP contribution in [0.5, 0.6) is 11.8 Å². The first kappa shape index (κ1) is 11.2. The lowest BCUT2D eigenvalue weighted by Crippen LogP contribution is -1.97. The van der Waals surface area contributed by atoms with Gasteiger partial charge in [-0.05, 0) is 24.6 Å². The molecule has 17 heavy (non-hydrogen) atoms. The van der Waals surface area contributed by atoms with Crippen molar-refractivity contribution in [3.63, 3.8) is 0 Å². The van der Waals surface area contributed by atoms with Crippen LogP contribution in [0.1, 0.15) is 12.5 Å². The van der Waals surface area contributed by atoms with E-state index in [2.05, 4.69) is 0 Å². The number of nitrogens with two attached hydrogens (primary N) is 2. The molecule has 0 bridgehead atoms. The summed E-state index contributed by atoms with van der Waals surface area (Å²) in [5.74, 6) is -0.0284. The van der Waals surface area contributed by atoms with Gasteiger partial charge in [0.15, 0.2) is 5.88 Å². The Morgan fingerprint density at radius 1 is 1.06 bits per heavy atom. The molecule has 5 nitrogen and oxygen atoms in total. The van der Waals surface area contributed by atoms with E-state index in [-0.39, 0.29) is 11.8 Å². The fraction of sp³-hybridized carbons (Fsp3) is 0.167. The Balaban J connectivity index is 2.63. The zero-order chi connectivity index (χ0) is 12.6. The Kier molecular flexibility index (Phi) is 2.59. The number of hydrogen-bond acceptors (Lipinski definition) is 4. The van der Waals surface area contributed by atoms with Crippen molar-refractivity contribution in [2.24, 2.45) is 0 Å². The molecule has 0 aliphatic carbocycles. The van der Waals surface area contributed by atoms with Crippen LogP contribution in [0.15, 0.2) is 24.3 Å². The van der Waals surface area contributed by atoms with E-state index in [1.807, 2.05) is 6.92 Å². The monoisotopic (exact) mass is 233 g/mol. The van der Waals surface area contributed by atoms with Crippen molar-refractivity contribution in [1.82, 2.24) is 4.57 Å². The fourth-order valence-electron chi connectivity index (χ4n) is 1.84. The molecule has 0 aliphatic heterocycles. The summed E-state index contributed by atoms with van der Waals surface area (Å²) in [6, 6.07) is 6.40. The van der Waals surface area contributed by atoms with Crippen LogP contribution in [0.4, 0.5) is 11.4 Å². The van der Waals surface area contributed by atoms with E-state index in [0.29, 0.717) is 29.0 Å². The molecule has 0 radical (unpaired) electrons. The highest BCUT2D eigenvalue weighted by molar-refractivity contribution is 5.61. The molecule has 2 rings (SSSR count). The first-order valence-corrected chi connectivity index (χ1v) is 5.32. The summed E-state index contributed by atoms with van der Waals surface area (Å²) in [4.78, 5) is 0. The Labute approximate surface area is 98.9 Å². The van der Waals surface area contributed by atoms with Gasteiger partial charge in [-0.15, -0.1) is 0 Å². The van der Waals surface area contributed by atoms with Crippen LogP contribution in [0, 0.1) is 0 Å². The van der Waals surface area contributed by atoms with Gasteiger partial charge in [-0.2, -0.15) is 0 Å². The van der Waals surface area contributed by atoms with E-state index in [1.165, 1.54) is 10.6 Å². The molecular formula is C12H15N3O2. The highest BCUT2D eigenvalue weighted by Gasteiger charge is 2.14. The molecule has 0 saturated carbocycles. The second-order valence-electron chi connectivity index (χ2n) is 3.90. The predicted octanol–water partition coefficient (Wildman–Crippen LogP) is 1.62.